The monoisotopic (exact) mass is 422 g/mol. The molecule has 1 N–H and O–H groups in total. The molecule has 3 aromatic rings. The molecule has 0 unspecified atom stereocenters. The van der Waals surface area contributed by atoms with Crippen molar-refractivity contribution in [3.8, 4) is 0 Å². The maximum atomic E-state index is 12.9. The summed E-state index contributed by atoms with van der Waals surface area (Å²) in [5, 5.41) is 13.0. The number of nitrogens with zero attached hydrogens (tertiary/aromatic N) is 3. The minimum atomic E-state index is -0.209. The van der Waals surface area contributed by atoms with E-state index in [-0.39, 0.29) is 17.9 Å². The van der Waals surface area contributed by atoms with Crippen LogP contribution in [0, 0.1) is 19.8 Å². The van der Waals surface area contributed by atoms with Crippen molar-refractivity contribution in [2.24, 2.45) is 5.92 Å². The van der Waals surface area contributed by atoms with Gasteiger partial charge in [-0.25, -0.2) is 0 Å². The molecule has 1 amide bonds. The van der Waals surface area contributed by atoms with E-state index in [0.29, 0.717) is 5.56 Å². The lowest BCUT2D eigenvalue weighted by molar-refractivity contribution is 0.0921. The topological polar surface area (TPSA) is 59.8 Å². The van der Waals surface area contributed by atoms with Crippen LogP contribution >= 0.6 is 11.8 Å². The fraction of sp³-hybridized carbons (Fsp3) is 0.375. The van der Waals surface area contributed by atoms with E-state index in [1.165, 1.54) is 11.1 Å². The lowest BCUT2D eigenvalue weighted by Crippen LogP contribution is -2.33. The second-order valence-electron chi connectivity index (χ2n) is 7.92. The van der Waals surface area contributed by atoms with Crippen molar-refractivity contribution in [2.45, 2.75) is 58.1 Å². The molecule has 1 aromatic heterocycles. The first-order chi connectivity index (χ1) is 14.4. The van der Waals surface area contributed by atoms with E-state index in [0.717, 1.165) is 28.8 Å². The third-order valence-electron chi connectivity index (χ3n) is 5.06. The minimum absolute atomic E-state index is 0.0862. The SMILES string of the molecule is CCn1c(SCc2ccc(C)cc2)nnc1[C@H](NC(=O)c1cccc(C)c1)C(C)C. The van der Waals surface area contributed by atoms with Gasteiger partial charge in [0.1, 0.15) is 0 Å². The van der Waals surface area contributed by atoms with Crippen molar-refractivity contribution in [1.29, 1.82) is 0 Å². The van der Waals surface area contributed by atoms with Crippen LogP contribution in [0.3, 0.4) is 0 Å². The zero-order chi connectivity index (χ0) is 21.7. The maximum Gasteiger partial charge on any atom is 0.251 e. The van der Waals surface area contributed by atoms with Crippen LogP contribution in [0.1, 0.15) is 59.7 Å². The van der Waals surface area contributed by atoms with Crippen LogP contribution in [0.4, 0.5) is 0 Å². The molecule has 0 fully saturated rings. The van der Waals surface area contributed by atoms with Crippen LogP contribution in [0.15, 0.2) is 53.7 Å². The summed E-state index contributed by atoms with van der Waals surface area (Å²) in [7, 11) is 0. The van der Waals surface area contributed by atoms with Gasteiger partial charge in [-0.3, -0.25) is 4.79 Å². The number of rotatable bonds is 8. The smallest absolute Gasteiger partial charge is 0.251 e. The first-order valence-electron chi connectivity index (χ1n) is 10.4. The van der Waals surface area contributed by atoms with Crippen LogP contribution in [0.5, 0.6) is 0 Å². The van der Waals surface area contributed by atoms with E-state index in [2.05, 4.69) is 72.0 Å². The van der Waals surface area contributed by atoms with Gasteiger partial charge in [0.15, 0.2) is 11.0 Å². The molecule has 0 aliphatic rings. The van der Waals surface area contributed by atoms with E-state index < -0.39 is 0 Å². The molecule has 158 valence electrons. The van der Waals surface area contributed by atoms with Gasteiger partial charge in [0, 0.05) is 17.9 Å². The summed E-state index contributed by atoms with van der Waals surface area (Å²) in [6, 6.07) is 16.0. The second-order valence-corrected chi connectivity index (χ2v) is 8.87. The number of nitrogens with one attached hydrogen (secondary N) is 1. The predicted molar refractivity (Wildman–Crippen MR) is 123 cm³/mol. The number of thioether (sulfide) groups is 1. The normalized spacial score (nSPS) is 12.2. The number of aryl methyl sites for hydroxylation is 2. The summed E-state index contributed by atoms with van der Waals surface area (Å²) >= 11 is 1.67. The minimum Gasteiger partial charge on any atom is -0.342 e. The summed E-state index contributed by atoms with van der Waals surface area (Å²) in [6.45, 7) is 11.1. The van der Waals surface area contributed by atoms with Crippen molar-refractivity contribution in [1.82, 2.24) is 20.1 Å². The number of aromatic nitrogens is 3. The number of carbonyl (C=O) groups excluding carboxylic acids is 1. The van der Waals surface area contributed by atoms with Crippen LogP contribution in [0.2, 0.25) is 0 Å². The lowest BCUT2D eigenvalue weighted by atomic mass is 10.0. The Bertz CT molecular complexity index is 995. The fourth-order valence-electron chi connectivity index (χ4n) is 3.31. The molecule has 0 bridgehead atoms. The van der Waals surface area contributed by atoms with Crippen LogP contribution in [-0.2, 0) is 12.3 Å². The zero-order valence-electron chi connectivity index (χ0n) is 18.3. The number of hydrogen-bond donors (Lipinski definition) is 1. The summed E-state index contributed by atoms with van der Waals surface area (Å²) in [5.41, 5.74) is 4.24. The van der Waals surface area contributed by atoms with E-state index in [1.54, 1.807) is 11.8 Å². The van der Waals surface area contributed by atoms with Gasteiger partial charge in [-0.2, -0.15) is 0 Å². The lowest BCUT2D eigenvalue weighted by Gasteiger charge is -2.22. The van der Waals surface area contributed by atoms with Crippen molar-refractivity contribution >= 4 is 17.7 Å². The highest BCUT2D eigenvalue weighted by atomic mass is 32.2. The van der Waals surface area contributed by atoms with Gasteiger partial charge in [0.2, 0.25) is 0 Å². The molecule has 6 heteroatoms. The number of amides is 1. The van der Waals surface area contributed by atoms with Crippen molar-refractivity contribution in [2.75, 3.05) is 0 Å². The van der Waals surface area contributed by atoms with E-state index >= 15 is 0 Å². The Morgan fingerprint density at radius 1 is 1.07 bits per heavy atom. The highest BCUT2D eigenvalue weighted by molar-refractivity contribution is 7.98. The largest absolute Gasteiger partial charge is 0.342 e. The molecule has 0 aliphatic carbocycles. The van der Waals surface area contributed by atoms with Crippen molar-refractivity contribution in [3.05, 3.63) is 76.6 Å². The molecule has 1 atom stereocenters. The molecular weight excluding hydrogens is 392 g/mol. The van der Waals surface area contributed by atoms with Gasteiger partial charge in [0.05, 0.1) is 6.04 Å². The third-order valence-corrected chi connectivity index (χ3v) is 6.10. The Hall–Kier alpha value is -2.60. The molecule has 1 heterocycles. The molecule has 0 saturated heterocycles. The Morgan fingerprint density at radius 2 is 1.80 bits per heavy atom. The fourth-order valence-corrected chi connectivity index (χ4v) is 4.27. The Balaban J connectivity index is 1.79. The third kappa shape index (κ3) is 5.30. The summed E-state index contributed by atoms with van der Waals surface area (Å²) < 4.78 is 2.11. The van der Waals surface area contributed by atoms with E-state index in [9.17, 15) is 4.79 Å². The zero-order valence-corrected chi connectivity index (χ0v) is 19.2. The van der Waals surface area contributed by atoms with Gasteiger partial charge in [-0.1, -0.05) is 73.1 Å². The van der Waals surface area contributed by atoms with Gasteiger partial charge >= 0.3 is 0 Å². The number of benzene rings is 2. The Labute approximate surface area is 183 Å². The molecule has 5 nitrogen and oxygen atoms in total. The van der Waals surface area contributed by atoms with Crippen molar-refractivity contribution in [3.63, 3.8) is 0 Å². The number of hydrogen-bond acceptors (Lipinski definition) is 4. The summed E-state index contributed by atoms with van der Waals surface area (Å²) in [6.07, 6.45) is 0. The first-order valence-corrected chi connectivity index (χ1v) is 11.4. The van der Waals surface area contributed by atoms with Gasteiger partial charge in [-0.15, -0.1) is 10.2 Å². The second kappa shape index (κ2) is 9.94. The van der Waals surface area contributed by atoms with Crippen LogP contribution < -0.4 is 5.32 Å². The molecule has 3 rings (SSSR count). The highest BCUT2D eigenvalue weighted by Gasteiger charge is 2.26. The molecular formula is C24H30N4OS. The Kier molecular flexibility index (Phi) is 7.32. The van der Waals surface area contributed by atoms with Gasteiger partial charge in [-0.05, 0) is 44.4 Å². The molecule has 0 saturated carbocycles. The average Bonchev–Trinajstić information content (AvgIpc) is 3.13. The van der Waals surface area contributed by atoms with Gasteiger partial charge in [0.25, 0.3) is 5.91 Å². The predicted octanol–water partition coefficient (Wildman–Crippen LogP) is 5.33. The average molecular weight is 423 g/mol. The van der Waals surface area contributed by atoms with Crippen LogP contribution in [-0.4, -0.2) is 20.7 Å². The van der Waals surface area contributed by atoms with E-state index in [4.69, 9.17) is 0 Å². The first kappa shape index (κ1) is 22.1. The highest BCUT2D eigenvalue weighted by Crippen LogP contribution is 2.27. The van der Waals surface area contributed by atoms with E-state index in [1.807, 2.05) is 31.2 Å². The maximum absolute atomic E-state index is 12.9. The molecule has 2 aromatic carbocycles. The van der Waals surface area contributed by atoms with Crippen molar-refractivity contribution < 1.29 is 4.79 Å². The molecule has 0 spiro atoms. The molecule has 0 aliphatic heterocycles. The molecule has 0 radical (unpaired) electrons. The Morgan fingerprint density at radius 3 is 2.43 bits per heavy atom. The quantitative estimate of drug-likeness (QED) is 0.498. The summed E-state index contributed by atoms with van der Waals surface area (Å²) in [4.78, 5) is 12.9. The van der Waals surface area contributed by atoms with Gasteiger partial charge < -0.3 is 9.88 Å². The standard InChI is InChI=1S/C24H30N4OS/c1-6-28-22(26-27-24(28)30-15-19-12-10-17(4)11-13-19)21(16(2)3)25-23(29)20-9-7-8-18(5)14-20/h7-14,16,21H,6,15H2,1-5H3,(H,25,29)/t21-/m1/s1. The number of carbonyl (C=O) groups is 1. The molecule has 30 heavy (non-hydrogen) atoms. The van der Waals surface area contributed by atoms with Crippen LogP contribution in [0.25, 0.3) is 0 Å². The summed E-state index contributed by atoms with van der Waals surface area (Å²) in [5.74, 6) is 1.74.